The Morgan fingerprint density at radius 1 is 1.17 bits per heavy atom. The van der Waals surface area contributed by atoms with E-state index in [0.717, 1.165) is 5.56 Å². The summed E-state index contributed by atoms with van der Waals surface area (Å²) >= 11 is 6.16. The van der Waals surface area contributed by atoms with Crippen LogP contribution < -0.4 is 10.0 Å². The maximum atomic E-state index is 12.8. The summed E-state index contributed by atoms with van der Waals surface area (Å²) < 4.78 is 33.8. The molecule has 1 aliphatic rings. The van der Waals surface area contributed by atoms with E-state index >= 15 is 0 Å². The van der Waals surface area contributed by atoms with Gasteiger partial charge in [-0.25, -0.2) is 13.1 Å². The van der Waals surface area contributed by atoms with Gasteiger partial charge in [0.15, 0.2) is 0 Å². The normalized spacial score (nSPS) is 16.2. The van der Waals surface area contributed by atoms with Crippen molar-refractivity contribution in [3.63, 3.8) is 0 Å². The van der Waals surface area contributed by atoms with Crippen molar-refractivity contribution in [2.24, 2.45) is 0 Å². The van der Waals surface area contributed by atoms with Crippen LogP contribution in [0.3, 0.4) is 0 Å². The first-order valence-corrected chi connectivity index (χ1v) is 11.7. The second kappa shape index (κ2) is 10.4. The predicted octanol–water partition coefficient (Wildman–Crippen LogP) is 3.04. The zero-order chi connectivity index (χ0) is 21.6. The molecule has 1 atom stereocenters. The van der Waals surface area contributed by atoms with E-state index < -0.39 is 10.0 Å². The van der Waals surface area contributed by atoms with E-state index in [0.29, 0.717) is 43.4 Å². The van der Waals surface area contributed by atoms with Crippen LogP contribution in [-0.4, -0.2) is 52.1 Å². The highest BCUT2D eigenvalue weighted by atomic mass is 35.5. The average Bonchev–Trinajstić information content (AvgIpc) is 2.75. The summed E-state index contributed by atoms with van der Waals surface area (Å²) in [6.45, 7) is 4.60. The molecule has 1 heterocycles. The number of benzene rings is 2. The Labute approximate surface area is 182 Å². The Kier molecular flexibility index (Phi) is 7.85. The van der Waals surface area contributed by atoms with E-state index in [1.807, 2.05) is 18.2 Å². The number of hydrogen-bond acceptors (Lipinski definition) is 5. The molecule has 2 aromatic carbocycles. The van der Waals surface area contributed by atoms with Crippen LogP contribution in [0.1, 0.15) is 24.9 Å². The van der Waals surface area contributed by atoms with E-state index in [-0.39, 0.29) is 23.4 Å². The molecule has 1 unspecified atom stereocenters. The number of ether oxygens (including phenoxy) is 1. The van der Waals surface area contributed by atoms with Crippen LogP contribution in [0, 0.1) is 0 Å². The van der Waals surface area contributed by atoms with Gasteiger partial charge in [-0.3, -0.25) is 9.69 Å². The van der Waals surface area contributed by atoms with Gasteiger partial charge >= 0.3 is 0 Å². The molecular weight excluding hydrogens is 426 g/mol. The lowest BCUT2D eigenvalue weighted by Gasteiger charge is -2.35. The Balaban J connectivity index is 1.74. The van der Waals surface area contributed by atoms with E-state index in [2.05, 4.69) is 14.9 Å². The first-order valence-electron chi connectivity index (χ1n) is 9.86. The first kappa shape index (κ1) is 22.7. The number of nitrogens with one attached hydrogen (secondary N) is 2. The molecule has 9 heteroatoms. The summed E-state index contributed by atoms with van der Waals surface area (Å²) in [4.78, 5) is 13.8. The van der Waals surface area contributed by atoms with Gasteiger partial charge in [0.1, 0.15) is 0 Å². The number of carbonyl (C=O) groups is 1. The minimum absolute atomic E-state index is 0.126. The number of nitrogens with zero attached hydrogens (tertiary/aromatic N) is 1. The molecule has 162 valence electrons. The molecule has 30 heavy (non-hydrogen) atoms. The number of amides is 1. The fraction of sp³-hybridized carbons (Fsp3) is 0.381. The monoisotopic (exact) mass is 451 g/mol. The third-order valence-electron chi connectivity index (χ3n) is 4.96. The van der Waals surface area contributed by atoms with Crippen molar-refractivity contribution >= 4 is 33.2 Å². The topological polar surface area (TPSA) is 87.7 Å². The molecule has 0 radical (unpaired) electrons. The molecule has 0 bridgehead atoms. The Bertz CT molecular complexity index is 960. The van der Waals surface area contributed by atoms with Gasteiger partial charge in [-0.05, 0) is 42.0 Å². The number of sulfonamides is 1. The average molecular weight is 452 g/mol. The molecule has 0 aliphatic carbocycles. The fourth-order valence-electron chi connectivity index (χ4n) is 3.30. The summed E-state index contributed by atoms with van der Waals surface area (Å²) in [6, 6.07) is 13.4. The van der Waals surface area contributed by atoms with Gasteiger partial charge in [0.2, 0.25) is 15.9 Å². The zero-order valence-electron chi connectivity index (χ0n) is 16.8. The fourth-order valence-corrected chi connectivity index (χ4v) is 4.54. The van der Waals surface area contributed by atoms with Crippen LogP contribution in [0.2, 0.25) is 5.02 Å². The van der Waals surface area contributed by atoms with Crippen LogP contribution in [0.15, 0.2) is 53.4 Å². The third kappa shape index (κ3) is 6.02. The molecular formula is C21H26ClN3O4S. The highest BCUT2D eigenvalue weighted by Gasteiger charge is 2.25. The minimum Gasteiger partial charge on any atom is -0.379 e. The molecule has 7 nitrogen and oxygen atoms in total. The van der Waals surface area contributed by atoms with Crippen molar-refractivity contribution in [3.8, 4) is 0 Å². The van der Waals surface area contributed by atoms with Gasteiger partial charge < -0.3 is 10.1 Å². The van der Waals surface area contributed by atoms with E-state index in [1.165, 1.54) is 12.1 Å². The maximum Gasteiger partial charge on any atom is 0.240 e. The van der Waals surface area contributed by atoms with Gasteiger partial charge in [-0.2, -0.15) is 0 Å². The van der Waals surface area contributed by atoms with Crippen LogP contribution in [0.5, 0.6) is 0 Å². The lowest BCUT2D eigenvalue weighted by molar-refractivity contribution is -0.115. The zero-order valence-corrected chi connectivity index (χ0v) is 18.4. The first-order chi connectivity index (χ1) is 14.4. The van der Waals surface area contributed by atoms with Gasteiger partial charge in [0, 0.05) is 42.8 Å². The second-order valence-electron chi connectivity index (χ2n) is 7.00. The summed E-state index contributed by atoms with van der Waals surface area (Å²) in [5.41, 5.74) is 1.51. The molecule has 1 aliphatic heterocycles. The molecule has 1 saturated heterocycles. The number of anilines is 1. The summed E-state index contributed by atoms with van der Waals surface area (Å²) in [5.74, 6) is -0.126. The highest BCUT2D eigenvalue weighted by molar-refractivity contribution is 7.89. The quantitative estimate of drug-likeness (QED) is 0.644. The lowest BCUT2D eigenvalue weighted by Crippen LogP contribution is -2.43. The molecule has 2 N–H and O–H groups in total. The Hall–Kier alpha value is -1.97. The smallest absolute Gasteiger partial charge is 0.240 e. The molecule has 1 amide bonds. The predicted molar refractivity (Wildman–Crippen MR) is 117 cm³/mol. The van der Waals surface area contributed by atoms with E-state index in [1.54, 1.807) is 25.1 Å². The molecule has 0 saturated carbocycles. The Morgan fingerprint density at radius 2 is 1.87 bits per heavy atom. The minimum atomic E-state index is -3.72. The van der Waals surface area contributed by atoms with Crippen molar-refractivity contribution in [2.75, 3.05) is 38.2 Å². The second-order valence-corrected chi connectivity index (χ2v) is 9.20. The number of hydrogen-bond donors (Lipinski definition) is 2. The third-order valence-corrected chi connectivity index (χ3v) is 6.63. The summed E-state index contributed by atoms with van der Waals surface area (Å²) in [5, 5.41) is 3.31. The number of halogens is 1. The number of rotatable bonds is 8. The molecule has 1 fully saturated rings. The molecule has 2 aromatic rings. The molecule has 0 aromatic heterocycles. The lowest BCUT2D eigenvalue weighted by atomic mass is 10.1. The highest BCUT2D eigenvalue weighted by Crippen LogP contribution is 2.25. The van der Waals surface area contributed by atoms with Crippen molar-refractivity contribution in [2.45, 2.75) is 24.3 Å². The van der Waals surface area contributed by atoms with Crippen molar-refractivity contribution in [1.82, 2.24) is 9.62 Å². The van der Waals surface area contributed by atoms with Gasteiger partial charge in [0.25, 0.3) is 0 Å². The van der Waals surface area contributed by atoms with Crippen LogP contribution in [0.25, 0.3) is 0 Å². The van der Waals surface area contributed by atoms with Crippen LogP contribution in [0.4, 0.5) is 5.69 Å². The van der Waals surface area contributed by atoms with Crippen molar-refractivity contribution < 1.29 is 17.9 Å². The van der Waals surface area contributed by atoms with E-state index in [4.69, 9.17) is 16.3 Å². The van der Waals surface area contributed by atoms with Gasteiger partial charge in [0.05, 0.1) is 18.1 Å². The number of morpholine rings is 1. The van der Waals surface area contributed by atoms with Crippen LogP contribution in [-0.2, 0) is 19.6 Å². The van der Waals surface area contributed by atoms with Crippen molar-refractivity contribution in [1.29, 1.82) is 0 Å². The maximum absolute atomic E-state index is 12.8. The SMILES string of the molecule is CCC(=O)Nc1ccc(S(=O)(=O)NCC(c2cccc(Cl)c2)N2CCOCC2)cc1. The molecule has 3 rings (SSSR count). The van der Waals surface area contributed by atoms with Crippen LogP contribution >= 0.6 is 11.6 Å². The largest absolute Gasteiger partial charge is 0.379 e. The Morgan fingerprint density at radius 3 is 2.50 bits per heavy atom. The summed E-state index contributed by atoms with van der Waals surface area (Å²) in [7, 11) is -3.72. The van der Waals surface area contributed by atoms with Crippen molar-refractivity contribution in [3.05, 3.63) is 59.1 Å². The van der Waals surface area contributed by atoms with Gasteiger partial charge in [-0.1, -0.05) is 30.7 Å². The summed E-state index contributed by atoms with van der Waals surface area (Å²) in [6.07, 6.45) is 0.355. The van der Waals surface area contributed by atoms with E-state index in [9.17, 15) is 13.2 Å². The number of carbonyl (C=O) groups excluding carboxylic acids is 1. The van der Waals surface area contributed by atoms with Gasteiger partial charge in [-0.15, -0.1) is 0 Å². The standard InChI is InChI=1S/C21H26ClN3O4S/c1-2-21(26)24-18-6-8-19(9-7-18)30(27,28)23-15-20(25-10-12-29-13-11-25)16-4-3-5-17(22)14-16/h3-9,14,20,23H,2,10-13,15H2,1H3,(H,24,26). The molecule has 0 spiro atoms.